The molecule has 4 atom stereocenters. The molecule has 8 nitrogen and oxygen atoms in total. The van der Waals surface area contributed by atoms with Crippen molar-refractivity contribution in [2.24, 2.45) is 0 Å². The minimum absolute atomic E-state index is 0.216. The summed E-state index contributed by atoms with van der Waals surface area (Å²) >= 11 is 0. The average Bonchev–Trinajstić information content (AvgIpc) is 3.06. The normalized spacial score (nSPS) is 22.3. The number of alkyl halides is 1. The van der Waals surface area contributed by atoms with Gasteiger partial charge in [0.05, 0.1) is 11.1 Å². The molecule has 4 unspecified atom stereocenters. The van der Waals surface area contributed by atoms with Crippen LogP contribution in [-0.2, 0) is 18.9 Å². The fourth-order valence-corrected chi connectivity index (χ4v) is 3.11. The van der Waals surface area contributed by atoms with Crippen LogP contribution in [0, 0.1) is 0 Å². The number of carbonyl (C=O) groups excluding carboxylic acids is 3. The van der Waals surface area contributed by atoms with Crippen LogP contribution < -0.4 is 5.32 Å². The van der Waals surface area contributed by atoms with Crippen LogP contribution in [0.3, 0.4) is 0 Å². The molecule has 0 radical (unpaired) electrons. The van der Waals surface area contributed by atoms with Crippen molar-refractivity contribution in [3.63, 3.8) is 0 Å². The Morgan fingerprint density at radius 2 is 1.48 bits per heavy atom. The molecule has 1 saturated heterocycles. The van der Waals surface area contributed by atoms with Crippen LogP contribution in [0.1, 0.15) is 41.5 Å². The van der Waals surface area contributed by atoms with Crippen LogP contribution in [0.25, 0.3) is 0 Å². The largest absolute Gasteiger partial charge is 0.459 e. The van der Waals surface area contributed by atoms with Crippen molar-refractivity contribution >= 4 is 18.0 Å². The summed E-state index contributed by atoms with van der Waals surface area (Å²) in [5.74, 6) is -1.42. The molecular weight excluding hydrogens is 433 g/mol. The first-order valence-electron chi connectivity index (χ1n) is 10.4. The number of halogens is 1. The van der Waals surface area contributed by atoms with Crippen LogP contribution in [0.15, 0.2) is 60.7 Å². The van der Waals surface area contributed by atoms with Gasteiger partial charge in [0, 0.05) is 0 Å². The lowest BCUT2D eigenvalue weighted by Gasteiger charge is -2.22. The van der Waals surface area contributed by atoms with Gasteiger partial charge >= 0.3 is 18.0 Å². The molecule has 2 aromatic rings. The molecule has 0 bridgehead atoms. The minimum Gasteiger partial charge on any atom is -0.459 e. The molecule has 1 fully saturated rings. The van der Waals surface area contributed by atoms with E-state index in [1.807, 2.05) is 0 Å². The summed E-state index contributed by atoms with van der Waals surface area (Å²) in [5, 5.41) is 2.29. The predicted molar refractivity (Wildman–Crippen MR) is 115 cm³/mol. The first kappa shape index (κ1) is 24.2. The van der Waals surface area contributed by atoms with Gasteiger partial charge in [-0.25, -0.2) is 18.8 Å². The second-order valence-corrected chi connectivity index (χ2v) is 8.39. The zero-order valence-electron chi connectivity index (χ0n) is 18.5. The Kier molecular flexibility index (Phi) is 7.65. The van der Waals surface area contributed by atoms with Gasteiger partial charge in [-0.05, 0) is 45.0 Å². The molecule has 0 aliphatic carbocycles. The lowest BCUT2D eigenvalue weighted by molar-refractivity contribution is -0.0493. The fourth-order valence-electron chi connectivity index (χ4n) is 3.11. The Bertz CT molecular complexity index is 962. The Morgan fingerprint density at radius 1 is 0.939 bits per heavy atom. The SMILES string of the molecule is CC(C)(C)OC(=O)NC1OC(COC(=O)c2ccccc2)C(OC(=O)c2ccccc2)C1F. The molecule has 0 spiro atoms. The van der Waals surface area contributed by atoms with E-state index in [0.29, 0.717) is 5.56 Å². The summed E-state index contributed by atoms with van der Waals surface area (Å²) in [6.45, 7) is 4.58. The van der Waals surface area contributed by atoms with Crippen LogP contribution >= 0.6 is 0 Å². The highest BCUT2D eigenvalue weighted by Gasteiger charge is 2.49. The Morgan fingerprint density at radius 3 is 2.03 bits per heavy atom. The van der Waals surface area contributed by atoms with Crippen molar-refractivity contribution in [1.29, 1.82) is 0 Å². The third kappa shape index (κ3) is 6.76. The van der Waals surface area contributed by atoms with Crippen molar-refractivity contribution in [2.75, 3.05) is 6.61 Å². The highest BCUT2D eigenvalue weighted by molar-refractivity contribution is 5.90. The number of carbonyl (C=O) groups is 3. The van der Waals surface area contributed by atoms with Gasteiger partial charge < -0.3 is 18.9 Å². The average molecular weight is 459 g/mol. The van der Waals surface area contributed by atoms with Crippen LogP contribution in [0.4, 0.5) is 9.18 Å². The van der Waals surface area contributed by atoms with Gasteiger partial charge in [0.1, 0.15) is 18.3 Å². The number of ether oxygens (including phenoxy) is 4. The second kappa shape index (κ2) is 10.4. The second-order valence-electron chi connectivity index (χ2n) is 8.39. The zero-order chi connectivity index (χ0) is 24.0. The lowest BCUT2D eigenvalue weighted by Crippen LogP contribution is -2.44. The highest BCUT2D eigenvalue weighted by atomic mass is 19.1. The smallest absolute Gasteiger partial charge is 0.409 e. The van der Waals surface area contributed by atoms with E-state index >= 15 is 4.39 Å². The van der Waals surface area contributed by atoms with Crippen molar-refractivity contribution in [1.82, 2.24) is 5.32 Å². The van der Waals surface area contributed by atoms with E-state index in [1.165, 1.54) is 12.1 Å². The standard InChI is InChI=1S/C24H26FNO7/c1-24(2,3)33-23(29)26-20-18(25)19(32-22(28)16-12-8-5-9-13-16)17(31-20)14-30-21(27)15-10-6-4-7-11-15/h4-13,17-20H,14H2,1-3H3,(H,26,29). The van der Waals surface area contributed by atoms with Gasteiger partial charge in [0.15, 0.2) is 18.5 Å². The summed E-state index contributed by atoms with van der Waals surface area (Å²) in [7, 11) is 0. The number of rotatable bonds is 6. The molecule has 3 rings (SSSR count). The molecule has 0 aromatic heterocycles. The molecule has 176 valence electrons. The molecule has 33 heavy (non-hydrogen) atoms. The van der Waals surface area contributed by atoms with Crippen molar-refractivity contribution in [2.45, 2.75) is 51.0 Å². The molecule has 2 aromatic carbocycles. The topological polar surface area (TPSA) is 100 Å². The van der Waals surface area contributed by atoms with Crippen LogP contribution in [0.2, 0.25) is 0 Å². The van der Waals surface area contributed by atoms with Crippen molar-refractivity contribution in [3.05, 3.63) is 71.8 Å². The fraction of sp³-hybridized carbons (Fsp3) is 0.375. The number of alkyl carbamates (subject to hydrolysis) is 1. The molecule has 1 N–H and O–H groups in total. The van der Waals surface area contributed by atoms with Gasteiger partial charge in [0.25, 0.3) is 0 Å². The number of esters is 2. The number of hydrogen-bond acceptors (Lipinski definition) is 7. The number of benzene rings is 2. The molecule has 1 amide bonds. The molecular formula is C24H26FNO7. The maximum atomic E-state index is 15.2. The van der Waals surface area contributed by atoms with Crippen molar-refractivity contribution < 1.29 is 37.7 Å². The Balaban J connectivity index is 1.71. The molecule has 9 heteroatoms. The Labute approximate surface area is 191 Å². The van der Waals surface area contributed by atoms with Gasteiger partial charge in [-0.3, -0.25) is 5.32 Å². The first-order valence-corrected chi connectivity index (χ1v) is 10.4. The first-order chi connectivity index (χ1) is 15.6. The number of nitrogens with one attached hydrogen (secondary N) is 1. The van der Waals surface area contributed by atoms with Crippen molar-refractivity contribution in [3.8, 4) is 0 Å². The van der Waals surface area contributed by atoms with Crippen LogP contribution in [0.5, 0.6) is 0 Å². The minimum atomic E-state index is -1.93. The summed E-state index contributed by atoms with van der Waals surface area (Å²) in [6, 6.07) is 16.3. The highest BCUT2D eigenvalue weighted by Crippen LogP contribution is 2.27. The van der Waals surface area contributed by atoms with E-state index in [0.717, 1.165) is 0 Å². The third-order valence-corrected chi connectivity index (χ3v) is 4.59. The van der Waals surface area contributed by atoms with Gasteiger partial charge in [0.2, 0.25) is 0 Å². The molecule has 1 aliphatic rings. The summed E-state index contributed by atoms with van der Waals surface area (Å²) < 4.78 is 36.5. The predicted octanol–water partition coefficient (Wildman–Crippen LogP) is 3.66. The number of hydrogen-bond donors (Lipinski definition) is 1. The molecule has 1 heterocycles. The van der Waals surface area contributed by atoms with E-state index < -0.39 is 54.8 Å². The van der Waals surface area contributed by atoms with E-state index in [-0.39, 0.29) is 5.56 Å². The maximum Gasteiger partial charge on any atom is 0.409 e. The summed E-state index contributed by atoms with van der Waals surface area (Å²) in [5.41, 5.74) is -0.292. The molecule has 0 saturated carbocycles. The zero-order valence-corrected chi connectivity index (χ0v) is 18.5. The summed E-state index contributed by atoms with van der Waals surface area (Å²) in [6.07, 6.45) is -6.87. The van der Waals surface area contributed by atoms with Gasteiger partial charge in [-0.2, -0.15) is 0 Å². The Hall–Kier alpha value is -3.46. The monoisotopic (exact) mass is 459 g/mol. The maximum absolute atomic E-state index is 15.2. The third-order valence-electron chi connectivity index (χ3n) is 4.59. The summed E-state index contributed by atoms with van der Waals surface area (Å²) in [4.78, 5) is 36.9. The van der Waals surface area contributed by atoms with E-state index in [9.17, 15) is 14.4 Å². The molecule has 1 aliphatic heterocycles. The van der Waals surface area contributed by atoms with E-state index in [2.05, 4.69) is 5.32 Å². The van der Waals surface area contributed by atoms with E-state index in [4.69, 9.17) is 18.9 Å². The van der Waals surface area contributed by atoms with Gasteiger partial charge in [-0.1, -0.05) is 36.4 Å². The lowest BCUT2D eigenvalue weighted by atomic mass is 10.1. The number of amides is 1. The van der Waals surface area contributed by atoms with E-state index in [1.54, 1.807) is 69.3 Å². The van der Waals surface area contributed by atoms with Gasteiger partial charge in [-0.15, -0.1) is 0 Å². The quantitative estimate of drug-likeness (QED) is 0.520. The van der Waals surface area contributed by atoms with Crippen LogP contribution in [-0.4, -0.2) is 54.8 Å².